The highest BCUT2D eigenvalue weighted by Crippen LogP contribution is 2.29. The maximum atomic E-state index is 13.2. The minimum absolute atomic E-state index is 0.0505. The molecule has 4 amide bonds. The van der Waals surface area contributed by atoms with Gasteiger partial charge in [-0.25, -0.2) is 9.59 Å². The molecule has 1 aromatic carbocycles. The largest absolute Gasteiger partial charge is 0.465 e. The summed E-state index contributed by atoms with van der Waals surface area (Å²) in [5.41, 5.74) is 4.51. The van der Waals surface area contributed by atoms with Crippen LogP contribution in [-0.2, 0) is 14.3 Å². The van der Waals surface area contributed by atoms with E-state index >= 15 is 0 Å². The van der Waals surface area contributed by atoms with E-state index in [-0.39, 0.29) is 11.6 Å². The summed E-state index contributed by atoms with van der Waals surface area (Å²) in [6.45, 7) is 5.75. The Morgan fingerprint density at radius 1 is 1.06 bits per heavy atom. The summed E-state index contributed by atoms with van der Waals surface area (Å²) < 4.78 is 6.83. The molecule has 0 unspecified atom stereocenters. The molecular formula is C26H29N3O5. The monoisotopic (exact) mass is 463 g/mol. The summed E-state index contributed by atoms with van der Waals surface area (Å²) in [5.74, 6) is -1.66. The molecule has 1 aromatic heterocycles. The number of amides is 4. The second-order valence-electron chi connectivity index (χ2n) is 8.94. The highest BCUT2D eigenvalue weighted by atomic mass is 16.5. The zero-order valence-electron chi connectivity index (χ0n) is 19.9. The van der Waals surface area contributed by atoms with Crippen molar-refractivity contribution in [1.82, 2.24) is 14.8 Å². The van der Waals surface area contributed by atoms with E-state index in [1.807, 2.05) is 37.5 Å². The van der Waals surface area contributed by atoms with Crippen molar-refractivity contribution in [2.75, 3.05) is 7.11 Å². The van der Waals surface area contributed by atoms with Crippen LogP contribution in [0, 0.1) is 20.8 Å². The lowest BCUT2D eigenvalue weighted by Crippen LogP contribution is -2.58. The third kappa shape index (κ3) is 4.16. The van der Waals surface area contributed by atoms with Gasteiger partial charge in [0.25, 0.3) is 11.8 Å². The third-order valence-corrected chi connectivity index (χ3v) is 6.71. The molecule has 1 aliphatic heterocycles. The van der Waals surface area contributed by atoms with Gasteiger partial charge in [0.15, 0.2) is 0 Å². The predicted octanol–water partition coefficient (Wildman–Crippen LogP) is 3.98. The number of carbonyl (C=O) groups excluding carboxylic acids is 4. The highest BCUT2D eigenvalue weighted by molar-refractivity contribution is 6.31. The van der Waals surface area contributed by atoms with E-state index in [0.29, 0.717) is 11.1 Å². The van der Waals surface area contributed by atoms with Crippen molar-refractivity contribution in [2.45, 2.75) is 58.9 Å². The molecule has 1 saturated heterocycles. The molecule has 1 aliphatic carbocycles. The second-order valence-corrected chi connectivity index (χ2v) is 8.94. The van der Waals surface area contributed by atoms with Gasteiger partial charge in [0.05, 0.1) is 12.7 Å². The van der Waals surface area contributed by atoms with E-state index < -0.39 is 23.8 Å². The first-order valence-electron chi connectivity index (χ1n) is 11.5. The van der Waals surface area contributed by atoms with Crippen LogP contribution >= 0.6 is 0 Å². The lowest BCUT2D eigenvalue weighted by Gasteiger charge is -2.35. The van der Waals surface area contributed by atoms with Gasteiger partial charge in [-0.15, -0.1) is 0 Å². The molecule has 2 fully saturated rings. The van der Waals surface area contributed by atoms with Crippen LogP contribution in [0.4, 0.5) is 4.79 Å². The Morgan fingerprint density at radius 2 is 1.76 bits per heavy atom. The average Bonchev–Trinajstić information content (AvgIpc) is 3.09. The van der Waals surface area contributed by atoms with E-state index in [0.717, 1.165) is 54.7 Å². The number of imide groups is 2. The van der Waals surface area contributed by atoms with Gasteiger partial charge in [-0.1, -0.05) is 25.3 Å². The molecule has 2 heterocycles. The number of nitrogens with zero attached hydrogens (tertiary/aromatic N) is 2. The number of methoxy groups -OCH3 is 1. The van der Waals surface area contributed by atoms with E-state index in [9.17, 15) is 19.2 Å². The third-order valence-electron chi connectivity index (χ3n) is 6.71. The predicted molar refractivity (Wildman–Crippen MR) is 127 cm³/mol. The van der Waals surface area contributed by atoms with Crippen molar-refractivity contribution >= 4 is 29.9 Å². The molecule has 0 spiro atoms. The van der Waals surface area contributed by atoms with Crippen LogP contribution in [0.3, 0.4) is 0 Å². The summed E-state index contributed by atoms with van der Waals surface area (Å²) in [6, 6.07) is 6.39. The van der Waals surface area contributed by atoms with Crippen molar-refractivity contribution in [3.8, 4) is 5.69 Å². The van der Waals surface area contributed by atoms with Crippen LogP contribution in [-0.4, -0.2) is 46.4 Å². The number of esters is 1. The summed E-state index contributed by atoms with van der Waals surface area (Å²) >= 11 is 0. The smallest absolute Gasteiger partial charge is 0.337 e. The molecule has 2 aliphatic rings. The molecule has 0 radical (unpaired) electrons. The Morgan fingerprint density at radius 3 is 2.44 bits per heavy atom. The number of hydrogen-bond donors (Lipinski definition) is 1. The van der Waals surface area contributed by atoms with Crippen molar-refractivity contribution in [3.05, 3.63) is 57.9 Å². The number of aromatic nitrogens is 1. The molecule has 8 nitrogen and oxygen atoms in total. The Balaban J connectivity index is 1.74. The minimum Gasteiger partial charge on any atom is -0.465 e. The van der Waals surface area contributed by atoms with Crippen LogP contribution in [0.25, 0.3) is 11.8 Å². The molecule has 8 heteroatoms. The Labute approximate surface area is 198 Å². The second kappa shape index (κ2) is 9.29. The van der Waals surface area contributed by atoms with Crippen LogP contribution in [0.1, 0.15) is 65.0 Å². The average molecular weight is 464 g/mol. The Kier molecular flexibility index (Phi) is 6.41. The van der Waals surface area contributed by atoms with Crippen LogP contribution in [0.2, 0.25) is 0 Å². The first-order valence-corrected chi connectivity index (χ1v) is 11.5. The van der Waals surface area contributed by atoms with E-state index in [1.165, 1.54) is 12.0 Å². The van der Waals surface area contributed by atoms with Gasteiger partial charge in [0.1, 0.15) is 5.57 Å². The number of carbonyl (C=O) groups is 4. The number of barbiturate groups is 1. The maximum Gasteiger partial charge on any atom is 0.337 e. The standard InChI is InChI=1S/C26H29N3O5/c1-15-10-11-18(25(32)34-4)14-22(15)28-16(2)12-19(17(28)3)13-21-23(30)27-26(33)29(24(21)31)20-8-6-5-7-9-20/h10-14,20H,5-9H2,1-4H3,(H,27,30,33). The van der Waals surface area contributed by atoms with Crippen molar-refractivity contribution in [3.63, 3.8) is 0 Å². The Hall–Kier alpha value is -3.68. The molecule has 1 saturated carbocycles. The quantitative estimate of drug-likeness (QED) is 0.420. The SMILES string of the molecule is COC(=O)c1ccc(C)c(-n2c(C)cc(C=C3C(=O)NC(=O)N(C4CCCCC4)C3=O)c2C)c1. The van der Waals surface area contributed by atoms with E-state index in [2.05, 4.69) is 5.32 Å². The maximum absolute atomic E-state index is 13.2. The van der Waals surface area contributed by atoms with Crippen molar-refractivity contribution in [1.29, 1.82) is 0 Å². The number of hydrogen-bond acceptors (Lipinski definition) is 5. The molecule has 0 bridgehead atoms. The van der Waals surface area contributed by atoms with Crippen molar-refractivity contribution in [2.24, 2.45) is 0 Å². The molecule has 2 aromatic rings. The normalized spacial score (nSPS) is 18.4. The lowest BCUT2D eigenvalue weighted by atomic mass is 9.93. The number of nitrogens with one attached hydrogen (secondary N) is 1. The number of aryl methyl sites for hydroxylation is 2. The fraction of sp³-hybridized carbons (Fsp3) is 0.385. The fourth-order valence-electron chi connectivity index (χ4n) is 4.90. The number of urea groups is 1. The van der Waals surface area contributed by atoms with E-state index in [1.54, 1.807) is 18.2 Å². The fourth-order valence-corrected chi connectivity index (χ4v) is 4.90. The minimum atomic E-state index is -0.685. The molecule has 1 N–H and O–H groups in total. The van der Waals surface area contributed by atoms with Gasteiger partial charge in [0.2, 0.25) is 0 Å². The first-order chi connectivity index (χ1) is 16.2. The zero-order valence-corrected chi connectivity index (χ0v) is 19.9. The molecule has 4 rings (SSSR count). The number of ether oxygens (including phenoxy) is 1. The molecule has 34 heavy (non-hydrogen) atoms. The summed E-state index contributed by atoms with van der Waals surface area (Å²) in [4.78, 5) is 51.6. The molecular weight excluding hydrogens is 434 g/mol. The number of benzene rings is 1. The van der Waals surface area contributed by atoms with Gasteiger partial charge in [-0.05, 0) is 69.0 Å². The van der Waals surface area contributed by atoms with Gasteiger partial charge >= 0.3 is 12.0 Å². The first kappa shape index (κ1) is 23.5. The topological polar surface area (TPSA) is 97.7 Å². The van der Waals surface area contributed by atoms with Crippen LogP contribution in [0.15, 0.2) is 29.8 Å². The molecule has 178 valence electrons. The van der Waals surface area contributed by atoms with Gasteiger partial charge in [-0.2, -0.15) is 0 Å². The highest BCUT2D eigenvalue weighted by Gasteiger charge is 2.40. The zero-order chi connectivity index (χ0) is 24.6. The van der Waals surface area contributed by atoms with Gasteiger partial charge < -0.3 is 9.30 Å². The van der Waals surface area contributed by atoms with Gasteiger partial charge in [0, 0.05) is 23.1 Å². The summed E-state index contributed by atoms with van der Waals surface area (Å²) in [5, 5.41) is 2.34. The lowest BCUT2D eigenvalue weighted by molar-refractivity contribution is -0.132. The molecule has 0 atom stereocenters. The number of rotatable bonds is 4. The van der Waals surface area contributed by atoms with Gasteiger partial charge in [-0.3, -0.25) is 19.8 Å². The van der Waals surface area contributed by atoms with Crippen LogP contribution in [0.5, 0.6) is 0 Å². The van der Waals surface area contributed by atoms with Crippen molar-refractivity contribution < 1.29 is 23.9 Å². The summed E-state index contributed by atoms with van der Waals surface area (Å²) in [7, 11) is 1.34. The Bertz CT molecular complexity index is 1220. The van der Waals surface area contributed by atoms with Crippen LogP contribution < -0.4 is 5.32 Å². The van der Waals surface area contributed by atoms with E-state index in [4.69, 9.17) is 4.74 Å². The summed E-state index contributed by atoms with van der Waals surface area (Å²) in [6.07, 6.45) is 6.07.